The van der Waals surface area contributed by atoms with Gasteiger partial charge in [-0.1, -0.05) is 12.0 Å². The number of likely N-dealkylation sites (tertiary alicyclic amines) is 1. The molecule has 4 rings (SSSR count). The number of anilines is 2. The number of halogens is 4. The zero-order valence-corrected chi connectivity index (χ0v) is 27.3. The van der Waals surface area contributed by atoms with Crippen molar-refractivity contribution in [1.82, 2.24) is 14.8 Å². The summed E-state index contributed by atoms with van der Waals surface area (Å²) >= 11 is 0. The van der Waals surface area contributed by atoms with E-state index in [0.717, 1.165) is 4.57 Å². The first-order valence-corrected chi connectivity index (χ1v) is 15.7. The molecule has 1 fully saturated rings. The number of benzene rings is 2. The standard InChI is InChI=1S/C34H39F4N5O6/c1-4-49-31(44)13-12-28(33(46)47)41-32(45)21-10-11-27(30(17-21)48-3)39-15-6-7-22-18-23-25(40-26-14-16-42(2)19-24(26)35)8-5-9-29(23)43(22)20-34(36,37)38/h5,8-11,17-18,24,26,28,39-40H,4,12-16,19-20H2,1-3H3,(H,41,45)(H,46,47)/t24-,26+,28?/m0/s1. The van der Waals surface area contributed by atoms with E-state index in [4.69, 9.17) is 9.47 Å². The number of amides is 1. The number of carbonyl (C=O) groups is 3. The Kier molecular flexibility index (Phi) is 12.4. The number of nitrogens with one attached hydrogen (secondary N) is 3. The Bertz CT molecular complexity index is 1720. The van der Waals surface area contributed by atoms with Crippen LogP contribution in [0.4, 0.5) is 28.9 Å². The van der Waals surface area contributed by atoms with Crippen molar-refractivity contribution < 1.29 is 46.5 Å². The number of fused-ring (bicyclic) bond motifs is 1. The monoisotopic (exact) mass is 689 g/mol. The Morgan fingerprint density at radius 1 is 1.14 bits per heavy atom. The highest BCUT2D eigenvalue weighted by molar-refractivity contribution is 5.97. The lowest BCUT2D eigenvalue weighted by atomic mass is 10.0. The fourth-order valence-electron chi connectivity index (χ4n) is 5.53. The van der Waals surface area contributed by atoms with Crippen molar-refractivity contribution in [2.24, 2.45) is 0 Å². The number of ether oxygens (including phenoxy) is 2. The Labute approximate surface area is 280 Å². The molecule has 11 nitrogen and oxygen atoms in total. The van der Waals surface area contributed by atoms with Crippen molar-refractivity contribution in [3.05, 3.63) is 53.7 Å². The maximum atomic E-state index is 14.8. The molecule has 2 aromatic carbocycles. The van der Waals surface area contributed by atoms with Gasteiger partial charge in [0, 0.05) is 36.1 Å². The van der Waals surface area contributed by atoms with Crippen molar-refractivity contribution >= 4 is 40.1 Å². The number of carboxylic acid groups (broad SMARTS) is 1. The maximum absolute atomic E-state index is 14.8. The highest BCUT2D eigenvalue weighted by Crippen LogP contribution is 2.32. The molecule has 0 spiro atoms. The van der Waals surface area contributed by atoms with Gasteiger partial charge >= 0.3 is 18.1 Å². The first kappa shape index (κ1) is 36.9. The molecule has 49 heavy (non-hydrogen) atoms. The van der Waals surface area contributed by atoms with Crippen molar-refractivity contribution in [2.75, 3.05) is 51.0 Å². The van der Waals surface area contributed by atoms with Gasteiger partial charge in [0.05, 0.1) is 43.2 Å². The molecule has 0 bridgehead atoms. The number of carboxylic acids is 1. The number of carbonyl (C=O) groups excluding carboxylic acids is 2. The SMILES string of the molecule is CCOC(=O)CCC(NC(=O)c1ccc(NCC#Cc2cc3c(N[C@@H]4CCN(C)C[C@@H]4F)cccc3n2CC(F)(F)F)c(OC)c1)C(=O)O. The zero-order valence-electron chi connectivity index (χ0n) is 27.3. The van der Waals surface area contributed by atoms with E-state index >= 15 is 0 Å². The fraction of sp³-hybridized carbons (Fsp3) is 0.441. The number of aromatic nitrogens is 1. The van der Waals surface area contributed by atoms with Crippen LogP contribution in [-0.2, 0) is 20.9 Å². The Balaban J connectivity index is 1.49. The number of piperidine rings is 1. The molecule has 1 aliphatic heterocycles. The molecule has 2 heterocycles. The van der Waals surface area contributed by atoms with Gasteiger partial charge in [0.2, 0.25) is 0 Å². The van der Waals surface area contributed by atoms with Gasteiger partial charge in [-0.3, -0.25) is 9.59 Å². The highest BCUT2D eigenvalue weighted by Gasteiger charge is 2.31. The van der Waals surface area contributed by atoms with E-state index in [-0.39, 0.29) is 49.5 Å². The van der Waals surface area contributed by atoms with Crippen LogP contribution in [-0.4, -0.2) is 97.2 Å². The predicted molar refractivity (Wildman–Crippen MR) is 176 cm³/mol. The van der Waals surface area contributed by atoms with Gasteiger partial charge in [0.1, 0.15) is 24.5 Å². The van der Waals surface area contributed by atoms with Crippen LogP contribution in [0.3, 0.4) is 0 Å². The number of alkyl halides is 4. The van der Waals surface area contributed by atoms with E-state index in [0.29, 0.717) is 35.2 Å². The first-order valence-electron chi connectivity index (χ1n) is 15.7. The smallest absolute Gasteiger partial charge is 0.406 e. The van der Waals surface area contributed by atoms with Gasteiger partial charge in [-0.2, -0.15) is 13.2 Å². The molecule has 1 amide bonds. The van der Waals surface area contributed by atoms with Gasteiger partial charge in [-0.05, 0) is 69.1 Å². The van der Waals surface area contributed by atoms with E-state index in [2.05, 4.69) is 27.8 Å². The highest BCUT2D eigenvalue weighted by atomic mass is 19.4. The Hall–Kier alpha value is -4.97. The summed E-state index contributed by atoms with van der Waals surface area (Å²) in [6, 6.07) is 8.99. The van der Waals surface area contributed by atoms with Crippen LogP contribution in [0.1, 0.15) is 42.2 Å². The van der Waals surface area contributed by atoms with Gasteiger partial charge in [0.25, 0.3) is 5.91 Å². The van der Waals surface area contributed by atoms with Gasteiger partial charge in [-0.25, -0.2) is 9.18 Å². The lowest BCUT2D eigenvalue weighted by Gasteiger charge is -2.33. The molecule has 3 atom stereocenters. The van der Waals surface area contributed by atoms with Crippen LogP contribution >= 0.6 is 0 Å². The summed E-state index contributed by atoms with van der Waals surface area (Å²) in [6.07, 6.45) is -5.46. The van der Waals surface area contributed by atoms with E-state index in [1.807, 2.05) is 11.9 Å². The number of aliphatic carboxylic acids is 1. The van der Waals surface area contributed by atoms with Gasteiger partial charge < -0.3 is 40.0 Å². The van der Waals surface area contributed by atoms with E-state index < -0.39 is 48.8 Å². The normalized spacial score (nSPS) is 17.0. The number of methoxy groups -OCH3 is 1. The average molecular weight is 690 g/mol. The molecular weight excluding hydrogens is 650 g/mol. The summed E-state index contributed by atoms with van der Waals surface area (Å²) in [7, 11) is 3.20. The Morgan fingerprint density at radius 3 is 2.59 bits per heavy atom. The summed E-state index contributed by atoms with van der Waals surface area (Å²) in [5.41, 5.74) is 1.48. The third-order valence-corrected chi connectivity index (χ3v) is 7.96. The number of esters is 1. The lowest BCUT2D eigenvalue weighted by Crippen LogP contribution is -2.46. The van der Waals surface area contributed by atoms with Crippen molar-refractivity contribution in [3.8, 4) is 17.6 Å². The number of rotatable bonds is 13. The van der Waals surface area contributed by atoms with Crippen LogP contribution in [0, 0.1) is 11.8 Å². The Morgan fingerprint density at radius 2 is 1.92 bits per heavy atom. The second-order valence-electron chi connectivity index (χ2n) is 11.6. The number of hydrogen-bond acceptors (Lipinski definition) is 8. The first-order chi connectivity index (χ1) is 23.3. The summed E-state index contributed by atoms with van der Waals surface area (Å²) in [5, 5.41) is 18.6. The quantitative estimate of drug-likeness (QED) is 0.115. The van der Waals surface area contributed by atoms with Crippen molar-refractivity contribution in [3.63, 3.8) is 0 Å². The molecule has 3 aromatic rings. The van der Waals surface area contributed by atoms with Crippen LogP contribution in [0.5, 0.6) is 5.75 Å². The fourth-order valence-corrected chi connectivity index (χ4v) is 5.53. The topological polar surface area (TPSA) is 134 Å². The third kappa shape index (κ3) is 10.0. The van der Waals surface area contributed by atoms with Crippen molar-refractivity contribution in [2.45, 2.75) is 57.2 Å². The molecule has 1 aliphatic rings. The molecule has 15 heteroatoms. The zero-order chi connectivity index (χ0) is 35.7. The van der Waals surface area contributed by atoms with Crippen LogP contribution in [0.15, 0.2) is 42.5 Å². The van der Waals surface area contributed by atoms with Gasteiger partial charge in [-0.15, -0.1) is 0 Å². The second kappa shape index (κ2) is 16.4. The molecule has 1 aromatic heterocycles. The average Bonchev–Trinajstić information content (AvgIpc) is 3.38. The van der Waals surface area contributed by atoms with E-state index in [1.165, 1.54) is 25.3 Å². The molecule has 0 saturated carbocycles. The van der Waals surface area contributed by atoms with Crippen LogP contribution < -0.4 is 20.7 Å². The predicted octanol–water partition coefficient (Wildman–Crippen LogP) is 4.66. The minimum absolute atomic E-state index is 0.00533. The molecule has 0 aliphatic carbocycles. The summed E-state index contributed by atoms with van der Waals surface area (Å²) in [4.78, 5) is 37.9. The number of hydrogen-bond donors (Lipinski definition) is 4. The molecule has 4 N–H and O–H groups in total. The second-order valence-corrected chi connectivity index (χ2v) is 11.6. The van der Waals surface area contributed by atoms with Crippen LogP contribution in [0.25, 0.3) is 10.9 Å². The van der Waals surface area contributed by atoms with Crippen LogP contribution in [0.2, 0.25) is 0 Å². The third-order valence-electron chi connectivity index (χ3n) is 7.96. The minimum atomic E-state index is -4.52. The van der Waals surface area contributed by atoms with E-state index in [1.54, 1.807) is 31.2 Å². The molecule has 0 radical (unpaired) electrons. The molecule has 1 unspecified atom stereocenters. The van der Waals surface area contributed by atoms with E-state index in [9.17, 15) is 37.1 Å². The molecule has 264 valence electrons. The largest absolute Gasteiger partial charge is 0.495 e. The number of nitrogens with zero attached hydrogens (tertiary/aromatic N) is 2. The maximum Gasteiger partial charge on any atom is 0.406 e. The molecular formula is C34H39F4N5O6. The molecule has 1 saturated heterocycles. The summed E-state index contributed by atoms with van der Waals surface area (Å²) < 4.78 is 66.9. The minimum Gasteiger partial charge on any atom is -0.495 e. The summed E-state index contributed by atoms with van der Waals surface area (Å²) in [5.74, 6) is 3.29. The lowest BCUT2D eigenvalue weighted by molar-refractivity contribution is -0.144. The van der Waals surface area contributed by atoms with Crippen molar-refractivity contribution in [1.29, 1.82) is 0 Å². The van der Waals surface area contributed by atoms with Gasteiger partial charge in [0.15, 0.2) is 0 Å². The summed E-state index contributed by atoms with van der Waals surface area (Å²) in [6.45, 7) is 1.46.